The fraction of sp³-hybridized carbons (Fsp3) is 0.467. The first kappa shape index (κ1) is 29.5. The molecule has 2 aliphatic rings. The van der Waals surface area contributed by atoms with Crippen LogP contribution >= 0.6 is 23.2 Å². The van der Waals surface area contributed by atoms with Gasteiger partial charge in [-0.15, -0.1) is 0 Å². The van der Waals surface area contributed by atoms with Crippen LogP contribution in [0.5, 0.6) is 11.8 Å². The Hall–Kier alpha value is -2.98. The number of halogens is 2. The van der Waals surface area contributed by atoms with Crippen molar-refractivity contribution in [2.75, 3.05) is 44.2 Å². The first-order chi connectivity index (χ1) is 19.7. The van der Waals surface area contributed by atoms with Gasteiger partial charge < -0.3 is 14.7 Å². The molecule has 0 amide bonds. The van der Waals surface area contributed by atoms with Crippen LogP contribution in [0.2, 0.25) is 10.0 Å². The molecule has 41 heavy (non-hydrogen) atoms. The predicted molar refractivity (Wildman–Crippen MR) is 161 cm³/mol. The summed E-state index contributed by atoms with van der Waals surface area (Å²) in [6.45, 7) is 10.6. The topological polar surface area (TPSA) is 94.9 Å². The minimum atomic E-state index is -0.728. The van der Waals surface area contributed by atoms with Gasteiger partial charge in [-0.2, -0.15) is 0 Å². The molecular formula is C30H36Cl2N6O3. The summed E-state index contributed by atoms with van der Waals surface area (Å²) in [5.74, 6) is 1.10. The third-order valence-electron chi connectivity index (χ3n) is 7.79. The van der Waals surface area contributed by atoms with Crippen molar-refractivity contribution >= 4 is 35.0 Å². The highest BCUT2D eigenvalue weighted by Gasteiger charge is 2.23. The standard InChI is InChI=1S/C30H36Cl2N6O3/c1-20(2)37-7-9-38(10-8-37)27-17-34-29(18-33-27)41-28-12-22(19-36-5-3-21(4-6-36)13-30(39)40)11-26(35-28)23-14-24(31)16-25(32)15-23/h11-12,14-18,20-21H,3-10,13,19H2,1-2H3,(H,39,40). The van der Waals surface area contributed by atoms with Crippen LogP contribution in [0, 0.1) is 5.92 Å². The number of hydrogen-bond acceptors (Lipinski definition) is 8. The van der Waals surface area contributed by atoms with E-state index in [0.717, 1.165) is 69.1 Å². The molecule has 0 saturated carbocycles. The normalized spacial score (nSPS) is 17.2. The summed E-state index contributed by atoms with van der Waals surface area (Å²) in [4.78, 5) is 32.1. The second-order valence-electron chi connectivity index (χ2n) is 11.1. The number of hydrogen-bond donors (Lipinski definition) is 1. The van der Waals surface area contributed by atoms with Crippen molar-refractivity contribution < 1.29 is 14.6 Å². The molecule has 2 saturated heterocycles. The molecule has 3 aromatic rings. The van der Waals surface area contributed by atoms with Crippen LogP contribution in [0.25, 0.3) is 11.3 Å². The molecule has 1 N–H and O–H groups in total. The van der Waals surface area contributed by atoms with Gasteiger partial charge in [0.1, 0.15) is 5.82 Å². The highest BCUT2D eigenvalue weighted by atomic mass is 35.5. The van der Waals surface area contributed by atoms with Crippen molar-refractivity contribution in [3.8, 4) is 23.0 Å². The van der Waals surface area contributed by atoms with E-state index in [4.69, 9.17) is 38.0 Å². The number of likely N-dealkylation sites (tertiary alicyclic amines) is 1. The highest BCUT2D eigenvalue weighted by molar-refractivity contribution is 6.35. The second-order valence-corrected chi connectivity index (χ2v) is 12.0. The van der Waals surface area contributed by atoms with Crippen LogP contribution < -0.4 is 9.64 Å². The van der Waals surface area contributed by atoms with Gasteiger partial charge in [0.2, 0.25) is 11.8 Å². The van der Waals surface area contributed by atoms with E-state index in [1.165, 1.54) is 0 Å². The zero-order chi connectivity index (χ0) is 28.9. The van der Waals surface area contributed by atoms with E-state index >= 15 is 0 Å². The molecule has 0 aliphatic carbocycles. The Labute approximate surface area is 251 Å². The zero-order valence-corrected chi connectivity index (χ0v) is 25.0. The van der Waals surface area contributed by atoms with Crippen molar-refractivity contribution in [2.24, 2.45) is 5.92 Å². The number of benzene rings is 1. The minimum absolute atomic E-state index is 0.227. The molecule has 0 radical (unpaired) electrons. The molecule has 2 aliphatic heterocycles. The summed E-state index contributed by atoms with van der Waals surface area (Å²) in [6, 6.07) is 9.82. The number of anilines is 1. The van der Waals surface area contributed by atoms with Crippen molar-refractivity contribution in [1.29, 1.82) is 0 Å². The Kier molecular flexibility index (Phi) is 9.60. The summed E-state index contributed by atoms with van der Waals surface area (Å²) in [5, 5.41) is 10.2. The van der Waals surface area contributed by atoms with Gasteiger partial charge in [0, 0.05) is 66.9 Å². The molecule has 11 heteroatoms. The number of aliphatic carboxylic acids is 1. The SMILES string of the molecule is CC(C)N1CCN(c2cnc(Oc3cc(CN4CCC(CC(=O)O)CC4)cc(-c4cc(Cl)cc(Cl)c4)n3)cn2)CC1. The lowest BCUT2D eigenvalue weighted by Gasteiger charge is -2.37. The number of nitrogens with zero attached hydrogens (tertiary/aromatic N) is 6. The summed E-state index contributed by atoms with van der Waals surface area (Å²) < 4.78 is 6.12. The van der Waals surface area contributed by atoms with E-state index in [-0.39, 0.29) is 12.3 Å². The molecule has 2 aromatic heterocycles. The number of carboxylic acids is 1. The number of piperazine rings is 1. The van der Waals surface area contributed by atoms with Gasteiger partial charge in [-0.1, -0.05) is 23.2 Å². The summed E-state index contributed by atoms with van der Waals surface area (Å²) in [5.41, 5.74) is 2.50. The number of aromatic nitrogens is 3. The molecule has 0 atom stereocenters. The van der Waals surface area contributed by atoms with E-state index < -0.39 is 5.97 Å². The molecule has 2 fully saturated rings. The Balaban J connectivity index is 1.32. The second kappa shape index (κ2) is 13.3. The Bertz CT molecular complexity index is 1320. The third-order valence-corrected chi connectivity index (χ3v) is 8.23. The molecule has 0 unspecified atom stereocenters. The maximum Gasteiger partial charge on any atom is 0.303 e. The number of carboxylic acid groups (broad SMARTS) is 1. The van der Waals surface area contributed by atoms with E-state index in [9.17, 15) is 4.79 Å². The van der Waals surface area contributed by atoms with Crippen molar-refractivity contribution in [2.45, 2.75) is 45.7 Å². The van der Waals surface area contributed by atoms with Gasteiger partial charge in [-0.3, -0.25) is 14.6 Å². The highest BCUT2D eigenvalue weighted by Crippen LogP contribution is 2.31. The zero-order valence-electron chi connectivity index (χ0n) is 23.5. The van der Waals surface area contributed by atoms with E-state index in [1.54, 1.807) is 18.5 Å². The van der Waals surface area contributed by atoms with Crippen molar-refractivity contribution in [3.05, 3.63) is 58.3 Å². The number of piperidine rings is 1. The van der Waals surface area contributed by atoms with Crippen LogP contribution in [0.3, 0.4) is 0 Å². The number of pyridine rings is 1. The van der Waals surface area contributed by atoms with Gasteiger partial charge in [0.05, 0.1) is 18.1 Å². The number of ether oxygens (including phenoxy) is 1. The lowest BCUT2D eigenvalue weighted by Crippen LogP contribution is -2.49. The molecule has 218 valence electrons. The van der Waals surface area contributed by atoms with Crippen LogP contribution in [0.4, 0.5) is 5.82 Å². The average Bonchev–Trinajstić information content (AvgIpc) is 2.94. The summed E-state index contributed by atoms with van der Waals surface area (Å²) in [6.07, 6.45) is 5.36. The summed E-state index contributed by atoms with van der Waals surface area (Å²) >= 11 is 12.6. The third kappa shape index (κ3) is 8.07. The molecule has 0 bridgehead atoms. The lowest BCUT2D eigenvalue weighted by atomic mass is 9.93. The van der Waals surface area contributed by atoms with Crippen molar-refractivity contribution in [3.63, 3.8) is 0 Å². The molecule has 1 aromatic carbocycles. The lowest BCUT2D eigenvalue weighted by molar-refractivity contribution is -0.138. The van der Waals surface area contributed by atoms with E-state index in [1.807, 2.05) is 24.3 Å². The first-order valence-corrected chi connectivity index (χ1v) is 14.9. The van der Waals surface area contributed by atoms with Crippen LogP contribution in [-0.2, 0) is 11.3 Å². The van der Waals surface area contributed by atoms with Gasteiger partial charge in [0.15, 0.2) is 0 Å². The maximum atomic E-state index is 11.1. The Morgan fingerprint density at radius 2 is 1.66 bits per heavy atom. The molecule has 9 nitrogen and oxygen atoms in total. The smallest absolute Gasteiger partial charge is 0.303 e. The monoisotopic (exact) mass is 598 g/mol. The van der Waals surface area contributed by atoms with Crippen LogP contribution in [0.15, 0.2) is 42.7 Å². The molecular weight excluding hydrogens is 563 g/mol. The molecule has 0 spiro atoms. The van der Waals surface area contributed by atoms with Crippen LogP contribution in [-0.4, -0.2) is 81.1 Å². The first-order valence-electron chi connectivity index (χ1n) is 14.1. The van der Waals surface area contributed by atoms with Gasteiger partial charge in [-0.25, -0.2) is 15.0 Å². The van der Waals surface area contributed by atoms with Gasteiger partial charge in [0.25, 0.3) is 0 Å². The predicted octanol–water partition coefficient (Wildman–Crippen LogP) is 5.85. The quantitative estimate of drug-likeness (QED) is 0.325. The Morgan fingerprint density at radius 3 is 2.27 bits per heavy atom. The van der Waals surface area contributed by atoms with Crippen molar-refractivity contribution in [1.82, 2.24) is 24.8 Å². The fourth-order valence-corrected chi connectivity index (χ4v) is 6.03. The van der Waals surface area contributed by atoms with E-state index in [0.29, 0.717) is 40.1 Å². The largest absolute Gasteiger partial charge is 0.481 e. The minimum Gasteiger partial charge on any atom is -0.481 e. The van der Waals surface area contributed by atoms with E-state index in [2.05, 4.69) is 38.5 Å². The number of carbonyl (C=O) groups is 1. The van der Waals surface area contributed by atoms with Gasteiger partial charge >= 0.3 is 5.97 Å². The summed E-state index contributed by atoms with van der Waals surface area (Å²) in [7, 11) is 0. The maximum absolute atomic E-state index is 11.1. The van der Waals surface area contributed by atoms with Crippen LogP contribution in [0.1, 0.15) is 38.7 Å². The molecule has 4 heterocycles. The fourth-order valence-electron chi connectivity index (χ4n) is 5.51. The Morgan fingerprint density at radius 1 is 0.951 bits per heavy atom. The van der Waals surface area contributed by atoms with Gasteiger partial charge in [-0.05, 0) is 75.5 Å². The number of rotatable bonds is 9. The average molecular weight is 600 g/mol. The molecule has 5 rings (SSSR count).